The summed E-state index contributed by atoms with van der Waals surface area (Å²) >= 11 is 0. The summed E-state index contributed by atoms with van der Waals surface area (Å²) in [6.07, 6.45) is 2.57. The average Bonchev–Trinajstić information content (AvgIpc) is 1.78. The Balaban J connectivity index is 0. The third-order valence-electron chi connectivity index (χ3n) is 0.980. The van der Waals surface area contributed by atoms with E-state index in [4.69, 9.17) is 4.55 Å². The lowest BCUT2D eigenvalue weighted by molar-refractivity contribution is 0.262. The topological polar surface area (TPSA) is 63.6 Å². The van der Waals surface area contributed by atoms with Crippen LogP contribution in [0.1, 0.15) is 26.2 Å². The van der Waals surface area contributed by atoms with Gasteiger partial charge < -0.3 is 0 Å². The van der Waals surface area contributed by atoms with Crippen molar-refractivity contribution in [3.05, 3.63) is 7.43 Å². The van der Waals surface area contributed by atoms with Gasteiger partial charge in [-0.15, -0.1) is 0 Å². The highest BCUT2D eigenvalue weighted by Gasteiger charge is 2.01. The smallest absolute Gasteiger partial charge is 0.264 e. The van der Waals surface area contributed by atoms with Gasteiger partial charge in [0.15, 0.2) is 0 Å². The molecule has 0 saturated carbocycles. The molecule has 0 spiro atoms. The minimum Gasteiger partial charge on any atom is -0.264 e. The first kappa shape index (κ1) is 13.5. The predicted octanol–water partition coefficient (Wildman–Crippen LogP) is 1.20. The summed E-state index contributed by atoms with van der Waals surface area (Å²) in [5.41, 5.74) is 0. The molecule has 0 amide bonds. The zero-order valence-corrected chi connectivity index (χ0v) is 7.30. The quantitative estimate of drug-likeness (QED) is 0.511. The highest BCUT2D eigenvalue weighted by atomic mass is 32.3. The molecular formula is C6H13O4S. The van der Waals surface area contributed by atoms with Gasteiger partial charge in [-0.1, -0.05) is 19.8 Å². The Hall–Kier alpha value is -0.130. The Morgan fingerprint density at radius 2 is 1.91 bits per heavy atom. The van der Waals surface area contributed by atoms with E-state index >= 15 is 0 Å². The van der Waals surface area contributed by atoms with Crippen LogP contribution in [0.25, 0.3) is 0 Å². The van der Waals surface area contributed by atoms with E-state index in [0.717, 1.165) is 12.8 Å². The van der Waals surface area contributed by atoms with Gasteiger partial charge >= 0.3 is 10.4 Å². The van der Waals surface area contributed by atoms with Crippen LogP contribution in [0.5, 0.6) is 0 Å². The molecule has 67 valence electrons. The fraction of sp³-hybridized carbons (Fsp3) is 0.833. The molecule has 11 heavy (non-hydrogen) atoms. The van der Waals surface area contributed by atoms with Crippen LogP contribution in [0.4, 0.5) is 0 Å². The van der Waals surface area contributed by atoms with Gasteiger partial charge in [0.05, 0.1) is 6.61 Å². The first-order valence-electron chi connectivity index (χ1n) is 3.18. The molecule has 0 saturated heterocycles. The van der Waals surface area contributed by atoms with E-state index in [1.165, 1.54) is 0 Å². The lowest BCUT2D eigenvalue weighted by atomic mass is 10.3. The molecule has 0 aromatic heterocycles. The van der Waals surface area contributed by atoms with Gasteiger partial charge in [-0.25, -0.2) is 4.18 Å². The van der Waals surface area contributed by atoms with Crippen molar-refractivity contribution in [1.82, 2.24) is 0 Å². The van der Waals surface area contributed by atoms with Crippen molar-refractivity contribution < 1.29 is 17.2 Å². The molecule has 0 rings (SSSR count). The summed E-state index contributed by atoms with van der Waals surface area (Å²) in [5, 5.41) is 0. The Kier molecular flexibility index (Phi) is 8.04. The average molecular weight is 181 g/mol. The summed E-state index contributed by atoms with van der Waals surface area (Å²) < 4.78 is 32.0. The molecule has 0 bridgehead atoms. The van der Waals surface area contributed by atoms with E-state index in [9.17, 15) is 8.42 Å². The van der Waals surface area contributed by atoms with Crippen molar-refractivity contribution in [1.29, 1.82) is 0 Å². The monoisotopic (exact) mass is 181 g/mol. The standard InChI is InChI=1S/C5H12O4S.CH/c1-2-3-4-5-9-10(6,7)8;/h2-5H2,1H3,(H,6,7,8);1H. The molecule has 1 N–H and O–H groups in total. The van der Waals surface area contributed by atoms with Crippen LogP contribution in [0.15, 0.2) is 0 Å². The van der Waals surface area contributed by atoms with E-state index < -0.39 is 10.4 Å². The van der Waals surface area contributed by atoms with E-state index in [-0.39, 0.29) is 14.0 Å². The molecule has 0 unspecified atom stereocenters. The molecule has 0 aromatic rings. The summed E-state index contributed by atoms with van der Waals surface area (Å²) in [7, 11) is -4.20. The minimum atomic E-state index is -4.20. The fourth-order valence-corrected chi connectivity index (χ4v) is 0.845. The second-order valence-corrected chi connectivity index (χ2v) is 3.05. The van der Waals surface area contributed by atoms with Crippen molar-refractivity contribution >= 4 is 10.4 Å². The Morgan fingerprint density at radius 3 is 2.27 bits per heavy atom. The van der Waals surface area contributed by atoms with Gasteiger partial charge in [0.2, 0.25) is 0 Å². The molecule has 0 heterocycles. The van der Waals surface area contributed by atoms with Gasteiger partial charge in [0.1, 0.15) is 0 Å². The fourth-order valence-electron chi connectivity index (χ4n) is 0.516. The van der Waals surface area contributed by atoms with Gasteiger partial charge in [-0.05, 0) is 13.8 Å². The first-order valence-corrected chi connectivity index (χ1v) is 4.54. The number of unbranched alkanes of at least 4 members (excludes halogenated alkanes) is 2. The van der Waals surface area contributed by atoms with Crippen LogP contribution >= 0.6 is 0 Å². The molecule has 0 aliphatic heterocycles. The van der Waals surface area contributed by atoms with Crippen molar-refractivity contribution in [2.75, 3.05) is 6.61 Å². The lowest BCUT2D eigenvalue weighted by Crippen LogP contribution is -2.04. The molecule has 0 aromatic carbocycles. The van der Waals surface area contributed by atoms with Crippen LogP contribution in [0.3, 0.4) is 0 Å². The van der Waals surface area contributed by atoms with Crippen LogP contribution in [0.2, 0.25) is 0 Å². The van der Waals surface area contributed by atoms with Gasteiger partial charge in [-0.2, -0.15) is 8.42 Å². The van der Waals surface area contributed by atoms with Crippen molar-refractivity contribution in [2.24, 2.45) is 0 Å². The maximum atomic E-state index is 9.93. The van der Waals surface area contributed by atoms with Gasteiger partial charge in [0, 0.05) is 0 Å². The summed E-state index contributed by atoms with van der Waals surface area (Å²) in [6, 6.07) is 0. The maximum absolute atomic E-state index is 9.93. The van der Waals surface area contributed by atoms with E-state index in [1.54, 1.807) is 0 Å². The Labute approximate surface area is 68.5 Å². The van der Waals surface area contributed by atoms with Gasteiger partial charge in [0.25, 0.3) is 0 Å². The molecule has 4 nitrogen and oxygen atoms in total. The SMILES string of the molecule is CCCCCOS(=O)(=O)O.[CH]. The maximum Gasteiger partial charge on any atom is 0.397 e. The molecular weight excluding hydrogens is 168 g/mol. The third-order valence-corrected chi connectivity index (χ3v) is 1.44. The minimum absolute atomic E-state index is 0. The Morgan fingerprint density at radius 1 is 1.36 bits per heavy atom. The second kappa shape index (κ2) is 6.57. The highest BCUT2D eigenvalue weighted by Crippen LogP contribution is 1.96. The number of rotatable bonds is 5. The van der Waals surface area contributed by atoms with E-state index in [0.29, 0.717) is 6.42 Å². The number of hydrogen-bond acceptors (Lipinski definition) is 3. The second-order valence-electron chi connectivity index (χ2n) is 1.96. The van der Waals surface area contributed by atoms with Crippen LogP contribution in [-0.2, 0) is 14.6 Å². The highest BCUT2D eigenvalue weighted by molar-refractivity contribution is 7.80. The Bertz CT molecular complexity index is 161. The van der Waals surface area contributed by atoms with Crippen LogP contribution < -0.4 is 0 Å². The molecule has 0 fully saturated rings. The van der Waals surface area contributed by atoms with Crippen molar-refractivity contribution in [3.63, 3.8) is 0 Å². The van der Waals surface area contributed by atoms with Crippen LogP contribution in [0, 0.1) is 7.43 Å². The molecule has 3 radical (unpaired) electrons. The lowest BCUT2D eigenvalue weighted by Gasteiger charge is -1.96. The molecule has 0 aliphatic rings. The zero-order valence-electron chi connectivity index (χ0n) is 6.49. The van der Waals surface area contributed by atoms with E-state index in [2.05, 4.69) is 4.18 Å². The first-order chi connectivity index (χ1) is 4.56. The zero-order chi connectivity index (χ0) is 8.04. The predicted molar refractivity (Wildman–Crippen MR) is 41.3 cm³/mol. The van der Waals surface area contributed by atoms with Crippen LogP contribution in [-0.4, -0.2) is 19.6 Å². The largest absolute Gasteiger partial charge is 0.397 e. The third kappa shape index (κ3) is 13.0. The summed E-state index contributed by atoms with van der Waals surface area (Å²) in [5.74, 6) is 0. The normalized spacial score (nSPS) is 10.7. The molecule has 0 aliphatic carbocycles. The number of hydrogen-bond donors (Lipinski definition) is 1. The van der Waals surface area contributed by atoms with Crippen molar-refractivity contribution in [3.8, 4) is 0 Å². The van der Waals surface area contributed by atoms with Gasteiger partial charge in [-0.3, -0.25) is 4.55 Å². The van der Waals surface area contributed by atoms with E-state index in [1.807, 2.05) is 6.92 Å². The summed E-state index contributed by atoms with van der Waals surface area (Å²) in [6.45, 7) is 2.07. The van der Waals surface area contributed by atoms with Crippen molar-refractivity contribution in [2.45, 2.75) is 26.2 Å². The summed E-state index contributed by atoms with van der Waals surface area (Å²) in [4.78, 5) is 0. The molecule has 0 atom stereocenters. The molecule has 5 heteroatoms.